The highest BCUT2D eigenvalue weighted by atomic mass is 32.1. The van der Waals surface area contributed by atoms with Crippen molar-refractivity contribution < 1.29 is 18.0 Å². The van der Waals surface area contributed by atoms with Gasteiger partial charge in [-0.25, -0.2) is 4.98 Å². The van der Waals surface area contributed by atoms with E-state index in [-0.39, 0.29) is 5.56 Å². The van der Waals surface area contributed by atoms with Gasteiger partial charge in [0.1, 0.15) is 5.82 Å². The molecule has 0 aliphatic carbocycles. The Morgan fingerprint density at radius 1 is 1.33 bits per heavy atom. The summed E-state index contributed by atoms with van der Waals surface area (Å²) in [6, 6.07) is 4.23. The highest BCUT2D eigenvalue weighted by molar-refractivity contribution is 7.07. The largest absolute Gasteiger partial charge is 0.416 e. The Bertz CT molecular complexity index is 552. The third kappa shape index (κ3) is 2.86. The molecule has 18 heavy (non-hydrogen) atoms. The molecule has 1 aromatic carbocycles. The van der Waals surface area contributed by atoms with Crippen molar-refractivity contribution in [2.45, 2.75) is 6.18 Å². The quantitative estimate of drug-likeness (QED) is 0.910. The molecule has 0 unspecified atom stereocenters. The number of amides is 1. The number of hydrogen-bond acceptors (Lipinski definition) is 3. The molecule has 0 spiro atoms. The van der Waals surface area contributed by atoms with Crippen LogP contribution in [0.15, 0.2) is 35.2 Å². The minimum absolute atomic E-state index is 0.0576. The van der Waals surface area contributed by atoms with Gasteiger partial charge >= 0.3 is 6.18 Å². The van der Waals surface area contributed by atoms with Gasteiger partial charge in [0.05, 0.1) is 11.1 Å². The van der Waals surface area contributed by atoms with E-state index in [1.165, 1.54) is 29.0 Å². The number of anilines is 1. The molecule has 7 heteroatoms. The zero-order valence-electron chi connectivity index (χ0n) is 8.86. The maximum absolute atomic E-state index is 12.5. The lowest BCUT2D eigenvalue weighted by Crippen LogP contribution is -2.14. The summed E-state index contributed by atoms with van der Waals surface area (Å²) < 4.78 is 37.4. The fraction of sp³-hybridized carbons (Fsp3) is 0.0909. The summed E-state index contributed by atoms with van der Waals surface area (Å²) in [6.07, 6.45) is -4.46. The molecule has 0 bridgehead atoms. The molecule has 0 radical (unpaired) electrons. The Balaban J connectivity index is 2.21. The minimum Gasteiger partial charge on any atom is -0.306 e. The fourth-order valence-corrected chi connectivity index (χ4v) is 1.78. The Labute approximate surface area is 104 Å². The number of aromatic nitrogens is 1. The number of nitrogens with zero attached hydrogens (tertiary/aromatic N) is 1. The van der Waals surface area contributed by atoms with Crippen LogP contribution in [0.4, 0.5) is 19.0 Å². The molecule has 0 fully saturated rings. The number of carbonyl (C=O) groups excluding carboxylic acids is 1. The average molecular weight is 272 g/mol. The summed E-state index contributed by atoms with van der Waals surface area (Å²) >= 11 is 1.28. The number of halogens is 3. The molecule has 1 heterocycles. The number of benzene rings is 1. The minimum atomic E-state index is -4.46. The lowest BCUT2D eigenvalue weighted by Gasteiger charge is -2.08. The van der Waals surface area contributed by atoms with E-state index in [1.54, 1.807) is 5.38 Å². The van der Waals surface area contributed by atoms with Crippen LogP contribution in [0, 0.1) is 0 Å². The number of nitrogens with one attached hydrogen (secondary N) is 1. The lowest BCUT2D eigenvalue weighted by molar-refractivity contribution is -0.137. The normalized spacial score (nSPS) is 11.3. The third-order valence-electron chi connectivity index (χ3n) is 2.13. The molecule has 94 valence electrons. The fourth-order valence-electron chi connectivity index (χ4n) is 1.30. The number of thiazole rings is 1. The van der Waals surface area contributed by atoms with Crippen molar-refractivity contribution in [3.05, 3.63) is 46.3 Å². The Kier molecular flexibility index (Phi) is 3.33. The van der Waals surface area contributed by atoms with E-state index in [1.807, 2.05) is 0 Å². The average Bonchev–Trinajstić information content (AvgIpc) is 2.81. The van der Waals surface area contributed by atoms with E-state index < -0.39 is 17.6 Å². The standard InChI is InChI=1S/C11H7F3N2OS/c12-11(13,14)8-3-1-2-7(4-8)10(17)16-9-5-18-6-15-9/h1-6H,(H,16,17). The van der Waals surface area contributed by atoms with E-state index in [2.05, 4.69) is 10.3 Å². The monoisotopic (exact) mass is 272 g/mol. The summed E-state index contributed by atoms with van der Waals surface area (Å²) in [4.78, 5) is 15.5. The number of rotatable bonds is 2. The van der Waals surface area contributed by atoms with Crippen LogP contribution >= 0.6 is 11.3 Å². The Morgan fingerprint density at radius 3 is 2.72 bits per heavy atom. The summed E-state index contributed by atoms with van der Waals surface area (Å²) in [5.74, 6) is -0.297. The maximum atomic E-state index is 12.5. The SMILES string of the molecule is O=C(Nc1cscn1)c1cccc(C(F)(F)F)c1. The van der Waals surface area contributed by atoms with Crippen molar-refractivity contribution in [3.63, 3.8) is 0 Å². The van der Waals surface area contributed by atoms with Crippen LogP contribution in [0.25, 0.3) is 0 Å². The number of carbonyl (C=O) groups is 1. The zero-order chi connectivity index (χ0) is 13.2. The predicted molar refractivity (Wildman–Crippen MR) is 61.5 cm³/mol. The summed E-state index contributed by atoms with van der Waals surface area (Å²) in [7, 11) is 0. The molecule has 2 rings (SSSR count). The zero-order valence-corrected chi connectivity index (χ0v) is 9.68. The molecule has 0 saturated carbocycles. The van der Waals surface area contributed by atoms with Gasteiger partial charge in [0, 0.05) is 10.9 Å². The number of hydrogen-bond donors (Lipinski definition) is 1. The van der Waals surface area contributed by atoms with E-state index in [0.717, 1.165) is 12.1 Å². The van der Waals surface area contributed by atoms with Gasteiger partial charge in [-0.05, 0) is 18.2 Å². The third-order valence-corrected chi connectivity index (χ3v) is 2.71. The molecule has 0 aliphatic rings. The molecule has 0 saturated heterocycles. The van der Waals surface area contributed by atoms with E-state index in [0.29, 0.717) is 5.82 Å². The van der Waals surface area contributed by atoms with E-state index >= 15 is 0 Å². The van der Waals surface area contributed by atoms with Crippen LogP contribution in [0.3, 0.4) is 0 Å². The molecular formula is C11H7F3N2OS. The van der Waals surface area contributed by atoms with Gasteiger partial charge in [0.25, 0.3) is 5.91 Å². The Hall–Kier alpha value is -1.89. The van der Waals surface area contributed by atoms with Gasteiger partial charge in [-0.3, -0.25) is 4.79 Å². The molecule has 3 nitrogen and oxygen atoms in total. The molecule has 0 atom stereocenters. The second-order valence-electron chi connectivity index (χ2n) is 3.41. The number of alkyl halides is 3. The van der Waals surface area contributed by atoms with Gasteiger partial charge in [-0.2, -0.15) is 13.2 Å². The first-order valence-corrected chi connectivity index (χ1v) is 5.78. The summed E-state index contributed by atoms with van der Waals surface area (Å²) in [5, 5.41) is 4.00. The van der Waals surface area contributed by atoms with Crippen molar-refractivity contribution in [2.24, 2.45) is 0 Å². The van der Waals surface area contributed by atoms with Gasteiger partial charge in [-0.1, -0.05) is 6.07 Å². The Morgan fingerprint density at radius 2 is 2.11 bits per heavy atom. The molecule has 1 amide bonds. The molecule has 1 N–H and O–H groups in total. The molecule has 1 aromatic heterocycles. The van der Waals surface area contributed by atoms with Crippen LogP contribution in [-0.4, -0.2) is 10.9 Å². The summed E-state index contributed by atoms with van der Waals surface area (Å²) in [5.41, 5.74) is 0.605. The smallest absolute Gasteiger partial charge is 0.306 e. The maximum Gasteiger partial charge on any atom is 0.416 e. The van der Waals surface area contributed by atoms with Crippen LogP contribution < -0.4 is 5.32 Å². The van der Waals surface area contributed by atoms with Crippen LogP contribution in [0.1, 0.15) is 15.9 Å². The van der Waals surface area contributed by atoms with Crippen molar-refractivity contribution >= 4 is 23.1 Å². The van der Waals surface area contributed by atoms with Crippen molar-refractivity contribution in [1.29, 1.82) is 0 Å². The first-order valence-electron chi connectivity index (χ1n) is 4.83. The second kappa shape index (κ2) is 4.77. The summed E-state index contributed by atoms with van der Waals surface area (Å²) in [6.45, 7) is 0. The predicted octanol–water partition coefficient (Wildman–Crippen LogP) is 3.41. The van der Waals surface area contributed by atoms with Crippen LogP contribution in [-0.2, 0) is 6.18 Å². The van der Waals surface area contributed by atoms with Gasteiger partial charge < -0.3 is 5.32 Å². The molecule has 0 aliphatic heterocycles. The lowest BCUT2D eigenvalue weighted by atomic mass is 10.1. The van der Waals surface area contributed by atoms with Gasteiger partial charge in [0.2, 0.25) is 0 Å². The highest BCUT2D eigenvalue weighted by Crippen LogP contribution is 2.29. The van der Waals surface area contributed by atoms with E-state index in [9.17, 15) is 18.0 Å². The van der Waals surface area contributed by atoms with E-state index in [4.69, 9.17) is 0 Å². The second-order valence-corrected chi connectivity index (χ2v) is 4.13. The van der Waals surface area contributed by atoms with Crippen molar-refractivity contribution in [1.82, 2.24) is 4.98 Å². The van der Waals surface area contributed by atoms with Gasteiger partial charge in [0.15, 0.2) is 0 Å². The van der Waals surface area contributed by atoms with Gasteiger partial charge in [-0.15, -0.1) is 11.3 Å². The van der Waals surface area contributed by atoms with Crippen LogP contribution in [0.2, 0.25) is 0 Å². The van der Waals surface area contributed by atoms with Crippen molar-refractivity contribution in [2.75, 3.05) is 5.32 Å². The molecular weight excluding hydrogens is 265 g/mol. The highest BCUT2D eigenvalue weighted by Gasteiger charge is 2.30. The first kappa shape index (κ1) is 12.6. The van der Waals surface area contributed by atoms with Crippen molar-refractivity contribution in [3.8, 4) is 0 Å². The topological polar surface area (TPSA) is 42.0 Å². The molecule has 2 aromatic rings. The van der Waals surface area contributed by atoms with Crippen LogP contribution in [0.5, 0.6) is 0 Å². The first-order chi connectivity index (χ1) is 8.47.